The average molecular weight is 466 g/mol. The van der Waals surface area contributed by atoms with Gasteiger partial charge in [0.15, 0.2) is 5.82 Å². The number of guanidine groups is 1. The molecule has 0 unspecified atom stereocenters. The number of amides is 1. The minimum Gasteiger partial charge on any atom is -0.382 e. The van der Waals surface area contributed by atoms with Gasteiger partial charge in [-0.3, -0.25) is 15.2 Å². The number of nitrogens with one attached hydrogen (secondary N) is 3. The van der Waals surface area contributed by atoms with E-state index in [1.54, 1.807) is 6.92 Å². The molecule has 3 N–H and O–H groups in total. The van der Waals surface area contributed by atoms with Crippen LogP contribution in [0.3, 0.4) is 0 Å². The third kappa shape index (κ3) is 6.08. The van der Waals surface area contributed by atoms with Gasteiger partial charge >= 0.3 is 0 Å². The van der Waals surface area contributed by atoms with Crippen molar-refractivity contribution in [2.45, 2.75) is 13.0 Å². The molecule has 0 spiro atoms. The number of H-pyrrole nitrogens is 1. The molecule has 3 aromatic rings. The molecule has 3 rings (SSSR count). The molecule has 168 valence electrons. The van der Waals surface area contributed by atoms with Crippen molar-refractivity contribution in [3.05, 3.63) is 70.5 Å². The highest BCUT2D eigenvalue weighted by atomic mass is 35.5. The van der Waals surface area contributed by atoms with Gasteiger partial charge in [-0.25, -0.2) is 18.2 Å². The molecule has 7 nitrogen and oxygen atoms in total. The van der Waals surface area contributed by atoms with Crippen molar-refractivity contribution >= 4 is 29.3 Å². The van der Waals surface area contributed by atoms with Gasteiger partial charge in [0, 0.05) is 30.4 Å². The number of anilines is 1. The number of benzene rings is 2. The maximum Gasteiger partial charge on any atom is 0.258 e. The predicted octanol–water partition coefficient (Wildman–Crippen LogP) is 4.38. The van der Waals surface area contributed by atoms with Crippen molar-refractivity contribution in [2.75, 3.05) is 19.0 Å². The van der Waals surface area contributed by atoms with E-state index in [4.69, 9.17) is 16.3 Å². The summed E-state index contributed by atoms with van der Waals surface area (Å²) in [6.45, 7) is 2.02. The van der Waals surface area contributed by atoms with Crippen LogP contribution in [0.25, 0.3) is 11.3 Å². The zero-order valence-corrected chi connectivity index (χ0v) is 17.8. The van der Waals surface area contributed by atoms with Crippen LogP contribution >= 0.6 is 11.6 Å². The Morgan fingerprint density at radius 2 is 1.91 bits per heavy atom. The first-order valence-corrected chi connectivity index (χ1v) is 9.75. The molecular weight excluding hydrogens is 447 g/mol. The third-order valence-electron chi connectivity index (χ3n) is 4.17. The lowest BCUT2D eigenvalue weighted by Crippen LogP contribution is -2.37. The highest BCUT2D eigenvalue weighted by molar-refractivity contribution is 6.30. The summed E-state index contributed by atoms with van der Waals surface area (Å²) < 4.78 is 45.8. The molecule has 0 saturated carbocycles. The Hall–Kier alpha value is -3.37. The molecule has 1 atom stereocenters. The van der Waals surface area contributed by atoms with Gasteiger partial charge in [-0.15, -0.1) is 0 Å². The minimum atomic E-state index is -0.738. The maximum atomic E-state index is 13.7. The van der Waals surface area contributed by atoms with Gasteiger partial charge in [0.2, 0.25) is 5.96 Å². The smallest absolute Gasteiger partial charge is 0.258 e. The number of carbonyl (C=O) groups is 1. The van der Waals surface area contributed by atoms with E-state index in [1.807, 2.05) is 0 Å². The second-order valence-corrected chi connectivity index (χ2v) is 7.22. The van der Waals surface area contributed by atoms with Crippen LogP contribution in [-0.2, 0) is 4.74 Å². The van der Waals surface area contributed by atoms with Crippen molar-refractivity contribution in [3.63, 3.8) is 0 Å². The number of carbonyl (C=O) groups excluding carboxylic acids is 1. The van der Waals surface area contributed by atoms with E-state index < -0.39 is 23.4 Å². The molecule has 32 heavy (non-hydrogen) atoms. The number of aliphatic imine (C=N–C) groups is 1. The highest BCUT2D eigenvalue weighted by Crippen LogP contribution is 2.22. The molecule has 1 heterocycles. The van der Waals surface area contributed by atoms with Gasteiger partial charge in [0.1, 0.15) is 17.5 Å². The van der Waals surface area contributed by atoms with E-state index >= 15 is 0 Å². The number of nitrogens with zero attached hydrogens (tertiary/aromatic N) is 2. The largest absolute Gasteiger partial charge is 0.382 e. The fraction of sp³-hybridized carbons (Fsp3) is 0.190. The van der Waals surface area contributed by atoms with E-state index in [0.717, 1.165) is 24.3 Å². The van der Waals surface area contributed by atoms with Crippen molar-refractivity contribution in [1.29, 1.82) is 0 Å². The molecule has 0 aliphatic heterocycles. The molecule has 2 aromatic carbocycles. The number of aromatic nitrogens is 2. The quantitative estimate of drug-likeness (QED) is 0.372. The Morgan fingerprint density at radius 1 is 1.19 bits per heavy atom. The first-order chi connectivity index (χ1) is 15.2. The SMILES string of the molecule is COC[C@H](C)N=C(NC(=O)c1ccc(Cl)c(F)c1)Nc1cc(-c2cc(F)cc(F)c2)[nH]n1. The Kier molecular flexibility index (Phi) is 7.49. The van der Waals surface area contributed by atoms with Gasteiger partial charge in [0.05, 0.1) is 23.4 Å². The zero-order valence-electron chi connectivity index (χ0n) is 17.0. The molecule has 0 fully saturated rings. The Labute approximate surface area is 186 Å². The summed E-state index contributed by atoms with van der Waals surface area (Å²) in [6, 6.07) is 7.82. The Bertz CT molecular complexity index is 1130. The monoisotopic (exact) mass is 465 g/mol. The second kappa shape index (κ2) is 10.3. The molecule has 0 saturated heterocycles. The van der Waals surface area contributed by atoms with Crippen LogP contribution < -0.4 is 10.6 Å². The van der Waals surface area contributed by atoms with E-state index in [2.05, 4.69) is 25.8 Å². The predicted molar refractivity (Wildman–Crippen MR) is 115 cm³/mol. The van der Waals surface area contributed by atoms with Gasteiger partial charge in [0.25, 0.3) is 5.91 Å². The van der Waals surface area contributed by atoms with Crippen LogP contribution in [0, 0.1) is 17.5 Å². The van der Waals surface area contributed by atoms with E-state index in [9.17, 15) is 18.0 Å². The van der Waals surface area contributed by atoms with Crippen LogP contribution in [0.2, 0.25) is 5.02 Å². The van der Waals surface area contributed by atoms with E-state index in [0.29, 0.717) is 5.69 Å². The number of methoxy groups -OCH3 is 1. The lowest BCUT2D eigenvalue weighted by Gasteiger charge is -2.13. The fourth-order valence-corrected chi connectivity index (χ4v) is 2.89. The van der Waals surface area contributed by atoms with Crippen LogP contribution in [-0.4, -0.2) is 41.8 Å². The van der Waals surface area contributed by atoms with Crippen LogP contribution in [0.5, 0.6) is 0 Å². The summed E-state index contributed by atoms with van der Waals surface area (Å²) in [4.78, 5) is 16.9. The standard InChI is InChI=1S/C21H19ClF3N5O2/c1-11(10-32-2)26-21(28-20(31)12-3-4-16(22)17(25)7-12)27-19-9-18(29-30-19)13-5-14(23)8-15(24)6-13/h3-9,11H,10H2,1-2H3,(H3,26,27,28,29,30,31)/t11-/m0/s1. The first kappa shape index (κ1) is 23.3. The second-order valence-electron chi connectivity index (χ2n) is 6.82. The summed E-state index contributed by atoms with van der Waals surface area (Å²) in [7, 11) is 1.51. The van der Waals surface area contributed by atoms with Gasteiger partial charge in [-0.05, 0) is 37.3 Å². The number of aromatic amines is 1. The van der Waals surface area contributed by atoms with Crippen LogP contribution in [0.15, 0.2) is 47.5 Å². The number of halogens is 4. The molecular formula is C21H19ClF3N5O2. The molecule has 0 radical (unpaired) electrons. The maximum absolute atomic E-state index is 13.7. The number of hydrogen-bond donors (Lipinski definition) is 3. The van der Waals surface area contributed by atoms with Gasteiger partial charge in [-0.2, -0.15) is 5.10 Å². The Morgan fingerprint density at radius 3 is 2.56 bits per heavy atom. The number of hydrogen-bond acceptors (Lipinski definition) is 4. The van der Waals surface area contributed by atoms with Gasteiger partial charge < -0.3 is 10.1 Å². The highest BCUT2D eigenvalue weighted by Gasteiger charge is 2.15. The average Bonchev–Trinajstić information content (AvgIpc) is 3.18. The van der Waals surface area contributed by atoms with Gasteiger partial charge in [-0.1, -0.05) is 11.6 Å². The first-order valence-electron chi connectivity index (χ1n) is 9.37. The van der Waals surface area contributed by atoms with Crippen LogP contribution in [0.1, 0.15) is 17.3 Å². The molecule has 0 aliphatic carbocycles. The molecule has 1 amide bonds. The minimum absolute atomic E-state index is 0.0124. The number of rotatable bonds is 6. The third-order valence-corrected chi connectivity index (χ3v) is 4.48. The zero-order chi connectivity index (χ0) is 23.3. The van der Waals surface area contributed by atoms with Crippen molar-refractivity contribution in [1.82, 2.24) is 15.5 Å². The molecule has 1 aromatic heterocycles. The Balaban J connectivity index is 1.82. The molecule has 0 bridgehead atoms. The van der Waals surface area contributed by atoms with E-state index in [1.165, 1.54) is 25.3 Å². The summed E-state index contributed by atoms with van der Waals surface area (Å²) >= 11 is 5.66. The molecule has 0 aliphatic rings. The topological polar surface area (TPSA) is 91.4 Å². The summed E-state index contributed by atoms with van der Waals surface area (Å²) in [5, 5.41) is 11.9. The van der Waals surface area contributed by atoms with E-state index in [-0.39, 0.29) is 40.6 Å². The normalized spacial score (nSPS) is 12.5. The van der Waals surface area contributed by atoms with Crippen molar-refractivity contribution < 1.29 is 22.7 Å². The van der Waals surface area contributed by atoms with Crippen LogP contribution in [0.4, 0.5) is 19.0 Å². The van der Waals surface area contributed by atoms with Crippen molar-refractivity contribution in [2.24, 2.45) is 4.99 Å². The lowest BCUT2D eigenvalue weighted by atomic mass is 10.1. The number of ether oxygens (including phenoxy) is 1. The van der Waals surface area contributed by atoms with Crippen molar-refractivity contribution in [3.8, 4) is 11.3 Å². The fourth-order valence-electron chi connectivity index (χ4n) is 2.78. The summed E-state index contributed by atoms with van der Waals surface area (Å²) in [5.41, 5.74) is 0.606. The lowest BCUT2D eigenvalue weighted by molar-refractivity contribution is 0.0976. The summed E-state index contributed by atoms with van der Waals surface area (Å²) in [6.07, 6.45) is 0. The summed E-state index contributed by atoms with van der Waals surface area (Å²) in [5.74, 6) is -2.62. The molecule has 11 heteroatoms.